The van der Waals surface area contributed by atoms with Crippen LogP contribution in [0.2, 0.25) is 0 Å². The number of hydrogen-bond acceptors (Lipinski definition) is 2. The zero-order valence-corrected chi connectivity index (χ0v) is 10.1. The monoisotopic (exact) mass is 233 g/mol. The van der Waals surface area contributed by atoms with Crippen LogP contribution in [-0.2, 0) is 4.79 Å². The van der Waals surface area contributed by atoms with Gasteiger partial charge in [0.25, 0.3) is 0 Å². The fourth-order valence-corrected chi connectivity index (χ4v) is 2.24. The second-order valence-electron chi connectivity index (χ2n) is 4.86. The molecule has 2 N–H and O–H groups in total. The summed E-state index contributed by atoms with van der Waals surface area (Å²) in [4.78, 5) is 10.5. The summed E-state index contributed by atoms with van der Waals surface area (Å²) in [5.41, 5.74) is 1.38. The van der Waals surface area contributed by atoms with Gasteiger partial charge in [0.1, 0.15) is 0 Å². The standard InChI is InChI=1S/C14H19NO2/c1-10(7-8-14(16)17)15-13-9-12(13)11-5-3-2-4-6-11/h2-6,10,12-13,15H,7-9H2,1H3,(H,16,17). The van der Waals surface area contributed by atoms with Crippen molar-refractivity contribution in [2.24, 2.45) is 0 Å². The summed E-state index contributed by atoms with van der Waals surface area (Å²) in [6, 6.07) is 11.3. The molecule has 0 spiro atoms. The van der Waals surface area contributed by atoms with Crippen LogP contribution in [0.1, 0.15) is 37.7 Å². The van der Waals surface area contributed by atoms with E-state index in [9.17, 15) is 4.79 Å². The molecule has 1 aromatic carbocycles. The third-order valence-electron chi connectivity index (χ3n) is 3.31. The Hall–Kier alpha value is -1.35. The van der Waals surface area contributed by atoms with Gasteiger partial charge in [-0.05, 0) is 25.3 Å². The maximum Gasteiger partial charge on any atom is 0.303 e. The predicted molar refractivity (Wildman–Crippen MR) is 67.1 cm³/mol. The van der Waals surface area contributed by atoms with Crippen LogP contribution in [0.25, 0.3) is 0 Å². The number of rotatable bonds is 6. The molecule has 0 saturated heterocycles. The minimum absolute atomic E-state index is 0.247. The first-order chi connectivity index (χ1) is 8.16. The van der Waals surface area contributed by atoms with E-state index in [-0.39, 0.29) is 12.5 Å². The zero-order valence-electron chi connectivity index (χ0n) is 10.1. The van der Waals surface area contributed by atoms with Gasteiger partial charge < -0.3 is 10.4 Å². The van der Waals surface area contributed by atoms with E-state index in [1.165, 1.54) is 12.0 Å². The second kappa shape index (κ2) is 5.32. The summed E-state index contributed by atoms with van der Waals surface area (Å²) >= 11 is 0. The van der Waals surface area contributed by atoms with Crippen LogP contribution in [0.5, 0.6) is 0 Å². The molecule has 2 rings (SSSR count). The van der Waals surface area contributed by atoms with Gasteiger partial charge in [-0.15, -0.1) is 0 Å². The lowest BCUT2D eigenvalue weighted by Crippen LogP contribution is -2.29. The van der Waals surface area contributed by atoms with Crippen molar-refractivity contribution in [3.05, 3.63) is 35.9 Å². The molecule has 1 aliphatic carbocycles. The maximum absolute atomic E-state index is 10.5. The van der Waals surface area contributed by atoms with Crippen molar-refractivity contribution >= 4 is 5.97 Å². The van der Waals surface area contributed by atoms with E-state index < -0.39 is 5.97 Å². The van der Waals surface area contributed by atoms with E-state index in [2.05, 4.69) is 36.5 Å². The van der Waals surface area contributed by atoms with Crippen LogP contribution in [0.4, 0.5) is 0 Å². The van der Waals surface area contributed by atoms with E-state index in [1.54, 1.807) is 0 Å². The first-order valence-corrected chi connectivity index (χ1v) is 6.19. The van der Waals surface area contributed by atoms with Crippen molar-refractivity contribution in [3.63, 3.8) is 0 Å². The molecule has 3 atom stereocenters. The molecule has 3 unspecified atom stereocenters. The first-order valence-electron chi connectivity index (χ1n) is 6.19. The third kappa shape index (κ3) is 3.56. The Morgan fingerprint density at radius 2 is 2.18 bits per heavy atom. The SMILES string of the molecule is CC(CCC(=O)O)NC1CC1c1ccccc1. The first kappa shape index (κ1) is 12.1. The number of carboxylic acid groups (broad SMARTS) is 1. The molecular formula is C14H19NO2. The summed E-state index contributed by atoms with van der Waals surface area (Å²) in [5.74, 6) is -0.0995. The molecule has 3 nitrogen and oxygen atoms in total. The Morgan fingerprint density at radius 1 is 1.47 bits per heavy atom. The van der Waals surface area contributed by atoms with E-state index in [1.807, 2.05) is 6.07 Å². The molecule has 0 amide bonds. The molecule has 0 heterocycles. The van der Waals surface area contributed by atoms with Gasteiger partial charge in [-0.25, -0.2) is 0 Å². The van der Waals surface area contributed by atoms with Gasteiger partial charge in [0, 0.05) is 24.4 Å². The van der Waals surface area contributed by atoms with Crippen LogP contribution in [0.15, 0.2) is 30.3 Å². The van der Waals surface area contributed by atoms with Crippen LogP contribution >= 0.6 is 0 Å². The summed E-state index contributed by atoms with van der Waals surface area (Å²) in [6.07, 6.45) is 2.12. The lowest BCUT2D eigenvalue weighted by Gasteiger charge is -2.12. The minimum Gasteiger partial charge on any atom is -0.481 e. The highest BCUT2D eigenvalue weighted by molar-refractivity contribution is 5.66. The van der Waals surface area contributed by atoms with E-state index in [4.69, 9.17) is 5.11 Å². The number of benzene rings is 1. The van der Waals surface area contributed by atoms with Gasteiger partial charge in [-0.2, -0.15) is 0 Å². The topological polar surface area (TPSA) is 49.3 Å². The smallest absolute Gasteiger partial charge is 0.303 e. The van der Waals surface area contributed by atoms with Gasteiger partial charge in [-0.1, -0.05) is 30.3 Å². The summed E-state index contributed by atoms with van der Waals surface area (Å²) < 4.78 is 0. The van der Waals surface area contributed by atoms with Crippen molar-refractivity contribution in [3.8, 4) is 0 Å². The second-order valence-corrected chi connectivity index (χ2v) is 4.86. The molecular weight excluding hydrogens is 214 g/mol. The van der Waals surface area contributed by atoms with Crippen LogP contribution in [0.3, 0.4) is 0 Å². The average molecular weight is 233 g/mol. The molecule has 1 aromatic rings. The normalized spacial score (nSPS) is 24.3. The van der Waals surface area contributed by atoms with Crippen molar-refractivity contribution in [1.82, 2.24) is 5.32 Å². The van der Waals surface area contributed by atoms with Gasteiger partial charge in [0.15, 0.2) is 0 Å². The molecule has 0 radical (unpaired) electrons. The molecule has 1 aliphatic rings. The number of nitrogens with one attached hydrogen (secondary N) is 1. The lowest BCUT2D eigenvalue weighted by atomic mass is 10.1. The fourth-order valence-electron chi connectivity index (χ4n) is 2.24. The molecule has 17 heavy (non-hydrogen) atoms. The fraction of sp³-hybridized carbons (Fsp3) is 0.500. The van der Waals surface area contributed by atoms with Crippen LogP contribution < -0.4 is 5.32 Å². The van der Waals surface area contributed by atoms with Gasteiger partial charge >= 0.3 is 5.97 Å². The molecule has 1 fully saturated rings. The van der Waals surface area contributed by atoms with Crippen molar-refractivity contribution in [1.29, 1.82) is 0 Å². The van der Waals surface area contributed by atoms with Gasteiger partial charge in [-0.3, -0.25) is 4.79 Å². The maximum atomic E-state index is 10.5. The predicted octanol–water partition coefficient (Wildman–Crippen LogP) is 2.39. The largest absolute Gasteiger partial charge is 0.481 e. The Kier molecular flexibility index (Phi) is 3.79. The Balaban J connectivity index is 1.74. The number of carbonyl (C=O) groups is 1. The molecule has 92 valence electrons. The highest BCUT2D eigenvalue weighted by Crippen LogP contribution is 2.40. The van der Waals surface area contributed by atoms with Crippen LogP contribution in [0, 0.1) is 0 Å². The van der Waals surface area contributed by atoms with Crippen molar-refractivity contribution < 1.29 is 9.90 Å². The van der Waals surface area contributed by atoms with E-state index >= 15 is 0 Å². The van der Waals surface area contributed by atoms with Gasteiger partial charge in [0.05, 0.1) is 0 Å². The molecule has 0 aromatic heterocycles. The Bertz CT molecular complexity index is 377. The molecule has 0 aliphatic heterocycles. The summed E-state index contributed by atoms with van der Waals surface area (Å²) in [6.45, 7) is 2.06. The number of hydrogen-bond donors (Lipinski definition) is 2. The van der Waals surface area contributed by atoms with E-state index in [0.29, 0.717) is 18.4 Å². The van der Waals surface area contributed by atoms with Crippen molar-refractivity contribution in [2.45, 2.75) is 44.2 Å². The van der Waals surface area contributed by atoms with Crippen LogP contribution in [-0.4, -0.2) is 23.2 Å². The summed E-state index contributed by atoms with van der Waals surface area (Å²) in [5, 5.41) is 12.1. The van der Waals surface area contributed by atoms with Crippen molar-refractivity contribution in [2.75, 3.05) is 0 Å². The Labute approximate surface area is 102 Å². The molecule has 1 saturated carbocycles. The summed E-state index contributed by atoms with van der Waals surface area (Å²) in [7, 11) is 0. The number of carboxylic acids is 1. The molecule has 3 heteroatoms. The Morgan fingerprint density at radius 3 is 2.82 bits per heavy atom. The number of aliphatic carboxylic acids is 1. The lowest BCUT2D eigenvalue weighted by molar-refractivity contribution is -0.137. The average Bonchev–Trinajstić information content (AvgIpc) is 3.07. The highest BCUT2D eigenvalue weighted by atomic mass is 16.4. The zero-order chi connectivity index (χ0) is 12.3. The minimum atomic E-state index is -0.714. The molecule has 0 bridgehead atoms. The van der Waals surface area contributed by atoms with E-state index in [0.717, 1.165) is 0 Å². The quantitative estimate of drug-likeness (QED) is 0.793. The van der Waals surface area contributed by atoms with Gasteiger partial charge in [0.2, 0.25) is 0 Å². The third-order valence-corrected chi connectivity index (χ3v) is 3.31. The highest BCUT2D eigenvalue weighted by Gasteiger charge is 2.38.